The molecule has 2 saturated heterocycles. The van der Waals surface area contributed by atoms with Crippen LogP contribution in [-0.4, -0.2) is 52.8 Å². The predicted octanol–water partition coefficient (Wildman–Crippen LogP) is 6.99. The quantitative estimate of drug-likeness (QED) is 0.197. The Labute approximate surface area is 236 Å². The van der Waals surface area contributed by atoms with Gasteiger partial charge in [-0.25, -0.2) is 9.78 Å². The first-order chi connectivity index (χ1) is 18.0. The lowest BCUT2D eigenvalue weighted by Gasteiger charge is -2.33. The van der Waals surface area contributed by atoms with Gasteiger partial charge in [0.1, 0.15) is 17.4 Å². The Kier molecular flexibility index (Phi) is 9.15. The number of benzene rings is 1. The smallest absolute Gasteiger partial charge is 0.410 e. The highest BCUT2D eigenvalue weighted by Gasteiger charge is 2.30. The minimum Gasteiger partial charge on any atom is -0.481 e. The molecule has 3 heterocycles. The highest BCUT2D eigenvalue weighted by Crippen LogP contribution is 2.42. The summed E-state index contributed by atoms with van der Waals surface area (Å²) in [6, 6.07) is 5.40. The van der Waals surface area contributed by atoms with Crippen molar-refractivity contribution in [3.8, 4) is 5.75 Å². The summed E-state index contributed by atoms with van der Waals surface area (Å²) in [5, 5.41) is 12.4. The number of halogens is 2. The van der Waals surface area contributed by atoms with Gasteiger partial charge >= 0.3 is 11.8 Å². The van der Waals surface area contributed by atoms with Gasteiger partial charge in [-0.05, 0) is 97.5 Å². The number of carbonyl (C=O) groups excluding carboxylic acids is 1. The Bertz CT molecular complexity index is 1170. The van der Waals surface area contributed by atoms with Crippen molar-refractivity contribution in [2.45, 2.75) is 70.5 Å². The van der Waals surface area contributed by atoms with Crippen LogP contribution < -0.4 is 4.74 Å². The summed E-state index contributed by atoms with van der Waals surface area (Å²) in [6.45, 7) is 7.99. The van der Waals surface area contributed by atoms with Crippen molar-refractivity contribution in [1.29, 1.82) is 0 Å². The molecule has 1 amide bonds. The molecule has 2 fully saturated rings. The van der Waals surface area contributed by atoms with E-state index in [9.17, 15) is 14.9 Å². The molecule has 1 aromatic carbocycles. The first-order valence-corrected chi connectivity index (χ1v) is 14.0. The third kappa shape index (κ3) is 6.95. The molecule has 2 aromatic rings. The molecule has 4 rings (SSSR count). The zero-order valence-electron chi connectivity index (χ0n) is 21.9. The van der Waals surface area contributed by atoms with Crippen molar-refractivity contribution >= 4 is 39.3 Å². The second-order valence-corrected chi connectivity index (χ2v) is 11.9. The van der Waals surface area contributed by atoms with Gasteiger partial charge in [-0.15, -0.1) is 0 Å². The predicted molar refractivity (Wildman–Crippen MR) is 147 cm³/mol. The minimum absolute atomic E-state index is 0.0619. The third-order valence-corrected chi connectivity index (χ3v) is 7.84. The first kappa shape index (κ1) is 28.6. The molecule has 0 atom stereocenters. The lowest BCUT2D eigenvalue weighted by atomic mass is 9.89. The van der Waals surface area contributed by atoms with E-state index in [0.717, 1.165) is 29.5 Å². The number of ether oxygens (including phenoxy) is 3. The van der Waals surface area contributed by atoms with Crippen LogP contribution >= 0.6 is 27.5 Å². The minimum atomic E-state index is -0.555. The van der Waals surface area contributed by atoms with Crippen LogP contribution in [0.4, 0.5) is 10.5 Å². The number of piperidine rings is 1. The van der Waals surface area contributed by atoms with Gasteiger partial charge in [0.15, 0.2) is 0 Å². The van der Waals surface area contributed by atoms with E-state index in [1.165, 1.54) is 0 Å². The topological polar surface area (TPSA) is 104 Å². The number of carbonyl (C=O) groups is 1. The Morgan fingerprint density at radius 2 is 1.89 bits per heavy atom. The zero-order chi connectivity index (χ0) is 27.4. The second kappa shape index (κ2) is 12.2. The molecule has 0 unspecified atom stereocenters. The van der Waals surface area contributed by atoms with Crippen LogP contribution in [0, 0.1) is 10.1 Å². The lowest BCUT2D eigenvalue weighted by Crippen LogP contribution is -2.41. The molecule has 0 saturated carbocycles. The summed E-state index contributed by atoms with van der Waals surface area (Å²) >= 11 is 9.96. The van der Waals surface area contributed by atoms with E-state index in [2.05, 4.69) is 20.9 Å². The van der Waals surface area contributed by atoms with Crippen LogP contribution in [0.1, 0.15) is 75.0 Å². The molecule has 0 radical (unpaired) electrons. The number of hydrogen-bond donors (Lipinski definition) is 0. The third-order valence-electron chi connectivity index (χ3n) is 6.92. The second-order valence-electron chi connectivity index (χ2n) is 10.7. The van der Waals surface area contributed by atoms with Gasteiger partial charge in [0, 0.05) is 44.1 Å². The zero-order valence-corrected chi connectivity index (χ0v) is 24.2. The molecule has 2 aliphatic heterocycles. The summed E-state index contributed by atoms with van der Waals surface area (Å²) in [6.07, 6.45) is 4.46. The normalized spacial score (nSPS) is 17.3. The molecular weight excluding hydrogens is 578 g/mol. The number of aromatic nitrogens is 1. The van der Waals surface area contributed by atoms with Gasteiger partial charge in [0.2, 0.25) is 5.75 Å². The molecule has 1 aromatic heterocycles. The number of nitro groups is 1. The summed E-state index contributed by atoms with van der Waals surface area (Å²) in [5.41, 5.74) is 1.95. The molecule has 0 spiro atoms. The average Bonchev–Trinajstić information content (AvgIpc) is 2.87. The molecular formula is C27H33BrClN3O6. The van der Waals surface area contributed by atoms with Gasteiger partial charge in [0.05, 0.1) is 9.40 Å². The van der Waals surface area contributed by atoms with Gasteiger partial charge in [0.25, 0.3) is 0 Å². The molecule has 0 N–H and O–H groups in total. The van der Waals surface area contributed by atoms with Crippen molar-refractivity contribution < 1.29 is 23.9 Å². The van der Waals surface area contributed by atoms with E-state index in [1.54, 1.807) is 17.2 Å². The lowest BCUT2D eigenvalue weighted by molar-refractivity contribution is -0.386. The standard InChI is InChI=1S/C27H33BrClN3O6/c1-27(2,3)38-26(33)31-10-5-17(6-11-31)19-14-22(28)24(23(15-19)32(34)35)37-16-21-20(4-9-30-25(21)29)18-7-12-36-13-8-18/h4,9,14-15,17-18H,5-8,10-13,16H2,1-3H3. The van der Waals surface area contributed by atoms with E-state index < -0.39 is 10.5 Å². The maximum absolute atomic E-state index is 12.4. The van der Waals surface area contributed by atoms with Gasteiger partial charge < -0.3 is 19.1 Å². The Hall–Kier alpha value is -2.43. The van der Waals surface area contributed by atoms with E-state index in [4.69, 9.17) is 25.8 Å². The van der Waals surface area contributed by atoms with Crippen molar-refractivity contribution in [2.75, 3.05) is 26.3 Å². The van der Waals surface area contributed by atoms with Gasteiger partial charge in [-0.1, -0.05) is 11.6 Å². The number of pyridine rings is 1. The van der Waals surface area contributed by atoms with E-state index in [-0.39, 0.29) is 36.0 Å². The molecule has 2 aliphatic rings. The van der Waals surface area contributed by atoms with Gasteiger partial charge in [-0.3, -0.25) is 10.1 Å². The number of amides is 1. The monoisotopic (exact) mass is 609 g/mol. The van der Waals surface area contributed by atoms with Crippen LogP contribution in [0.5, 0.6) is 5.75 Å². The fourth-order valence-electron chi connectivity index (χ4n) is 4.99. The average molecular weight is 611 g/mol. The summed E-state index contributed by atoms with van der Waals surface area (Å²) in [7, 11) is 0. The summed E-state index contributed by atoms with van der Waals surface area (Å²) in [4.78, 5) is 29.9. The van der Waals surface area contributed by atoms with Crippen molar-refractivity contribution in [2.24, 2.45) is 0 Å². The van der Waals surface area contributed by atoms with E-state index in [1.807, 2.05) is 32.9 Å². The number of rotatable bonds is 6. The van der Waals surface area contributed by atoms with E-state index >= 15 is 0 Å². The Morgan fingerprint density at radius 3 is 2.53 bits per heavy atom. The maximum atomic E-state index is 12.4. The Balaban J connectivity index is 1.50. The molecule has 11 heteroatoms. The van der Waals surface area contributed by atoms with Crippen molar-refractivity contribution in [3.05, 3.63) is 60.8 Å². The van der Waals surface area contributed by atoms with E-state index in [0.29, 0.717) is 48.8 Å². The molecule has 9 nitrogen and oxygen atoms in total. The summed E-state index contributed by atoms with van der Waals surface area (Å²) in [5.74, 6) is 0.503. The molecule has 206 valence electrons. The molecule has 38 heavy (non-hydrogen) atoms. The fraction of sp³-hybridized carbons (Fsp3) is 0.556. The van der Waals surface area contributed by atoms with Crippen LogP contribution in [0.25, 0.3) is 0 Å². The van der Waals surface area contributed by atoms with Crippen molar-refractivity contribution in [1.82, 2.24) is 9.88 Å². The van der Waals surface area contributed by atoms with Gasteiger partial charge in [-0.2, -0.15) is 0 Å². The fourth-order valence-corrected chi connectivity index (χ4v) is 5.80. The number of nitro benzene ring substituents is 1. The summed E-state index contributed by atoms with van der Waals surface area (Å²) < 4.78 is 17.5. The van der Waals surface area contributed by atoms with Crippen molar-refractivity contribution in [3.63, 3.8) is 0 Å². The van der Waals surface area contributed by atoms with Crippen LogP contribution in [0.15, 0.2) is 28.9 Å². The maximum Gasteiger partial charge on any atom is 0.410 e. The number of nitrogens with zero attached hydrogens (tertiary/aromatic N) is 3. The molecule has 0 bridgehead atoms. The Morgan fingerprint density at radius 1 is 1.21 bits per heavy atom. The highest BCUT2D eigenvalue weighted by molar-refractivity contribution is 9.10. The first-order valence-electron chi connectivity index (χ1n) is 12.8. The van der Waals surface area contributed by atoms with Crippen LogP contribution in [0.2, 0.25) is 5.15 Å². The van der Waals surface area contributed by atoms with Crippen LogP contribution in [-0.2, 0) is 16.1 Å². The largest absolute Gasteiger partial charge is 0.481 e. The SMILES string of the molecule is CC(C)(C)OC(=O)N1CCC(c2cc(Br)c(OCc3c(C4CCOCC4)ccnc3Cl)c([N+](=O)[O-])c2)CC1. The van der Waals surface area contributed by atoms with Crippen LogP contribution in [0.3, 0.4) is 0 Å². The number of hydrogen-bond acceptors (Lipinski definition) is 7. The highest BCUT2D eigenvalue weighted by atomic mass is 79.9. The number of likely N-dealkylation sites (tertiary alicyclic amines) is 1. The molecule has 0 aliphatic carbocycles.